The van der Waals surface area contributed by atoms with Gasteiger partial charge < -0.3 is 5.11 Å². The second kappa shape index (κ2) is 3.02. The van der Waals surface area contributed by atoms with Crippen LogP contribution < -0.4 is 0 Å². The molecule has 0 aliphatic heterocycles. The molecular formula is C11H20O. The molecule has 12 heavy (non-hydrogen) atoms. The fraction of sp³-hybridized carbons (Fsp3) is 1.00. The second-order valence-corrected chi connectivity index (χ2v) is 5.13. The minimum Gasteiger partial charge on any atom is -0.393 e. The molecule has 2 saturated carbocycles. The van der Waals surface area contributed by atoms with E-state index >= 15 is 0 Å². The molecule has 70 valence electrons. The van der Waals surface area contributed by atoms with E-state index in [2.05, 4.69) is 6.92 Å². The minimum absolute atomic E-state index is 0.0439. The standard InChI is InChI=1S/C11H20O/c1-11(6-2-3-7-11)8-9-4-5-10(9)12/h9-10,12H,2-8H2,1H3. The van der Waals surface area contributed by atoms with Crippen LogP contribution in [0.1, 0.15) is 51.9 Å². The first-order valence-electron chi connectivity index (χ1n) is 5.38. The van der Waals surface area contributed by atoms with Crippen LogP contribution in [0.15, 0.2) is 0 Å². The predicted octanol–water partition coefficient (Wildman–Crippen LogP) is 2.73. The zero-order valence-electron chi connectivity index (χ0n) is 8.05. The smallest absolute Gasteiger partial charge is 0.0568 e. The zero-order valence-corrected chi connectivity index (χ0v) is 8.05. The molecule has 0 heterocycles. The molecule has 0 radical (unpaired) electrons. The van der Waals surface area contributed by atoms with Gasteiger partial charge in [0.1, 0.15) is 0 Å². The van der Waals surface area contributed by atoms with E-state index in [4.69, 9.17) is 0 Å². The van der Waals surface area contributed by atoms with Gasteiger partial charge in [-0.1, -0.05) is 19.8 Å². The number of rotatable bonds is 2. The first-order valence-corrected chi connectivity index (χ1v) is 5.38. The summed E-state index contributed by atoms with van der Waals surface area (Å²) in [5, 5.41) is 9.48. The Bertz CT molecular complexity index is 158. The van der Waals surface area contributed by atoms with Crippen molar-refractivity contribution in [2.45, 2.75) is 58.0 Å². The van der Waals surface area contributed by atoms with E-state index in [1.807, 2.05) is 0 Å². The van der Waals surface area contributed by atoms with E-state index < -0.39 is 0 Å². The molecule has 0 spiro atoms. The van der Waals surface area contributed by atoms with Crippen molar-refractivity contribution < 1.29 is 5.11 Å². The maximum absolute atomic E-state index is 9.48. The van der Waals surface area contributed by atoms with Gasteiger partial charge in [-0.05, 0) is 43.4 Å². The highest BCUT2D eigenvalue weighted by atomic mass is 16.3. The fourth-order valence-electron chi connectivity index (χ4n) is 2.86. The molecule has 2 aliphatic rings. The number of hydrogen-bond acceptors (Lipinski definition) is 1. The average molecular weight is 168 g/mol. The molecule has 0 amide bonds. The summed E-state index contributed by atoms with van der Waals surface area (Å²) < 4.78 is 0. The van der Waals surface area contributed by atoms with Gasteiger partial charge in [0.25, 0.3) is 0 Å². The summed E-state index contributed by atoms with van der Waals surface area (Å²) in [7, 11) is 0. The highest BCUT2D eigenvalue weighted by Crippen LogP contribution is 2.46. The number of aliphatic hydroxyl groups excluding tert-OH is 1. The SMILES string of the molecule is CC1(CC2CCC2O)CCCC1. The lowest BCUT2D eigenvalue weighted by atomic mass is 9.70. The van der Waals surface area contributed by atoms with Crippen molar-refractivity contribution in [1.29, 1.82) is 0 Å². The molecule has 2 unspecified atom stereocenters. The second-order valence-electron chi connectivity index (χ2n) is 5.13. The summed E-state index contributed by atoms with van der Waals surface area (Å²) >= 11 is 0. The summed E-state index contributed by atoms with van der Waals surface area (Å²) in [4.78, 5) is 0. The summed E-state index contributed by atoms with van der Waals surface area (Å²) in [5.41, 5.74) is 0.589. The average Bonchev–Trinajstić information content (AvgIpc) is 2.46. The minimum atomic E-state index is 0.0439. The van der Waals surface area contributed by atoms with Gasteiger partial charge in [-0.3, -0.25) is 0 Å². The van der Waals surface area contributed by atoms with Crippen LogP contribution in [0, 0.1) is 11.3 Å². The Morgan fingerprint density at radius 1 is 1.25 bits per heavy atom. The van der Waals surface area contributed by atoms with Crippen LogP contribution in [0.25, 0.3) is 0 Å². The van der Waals surface area contributed by atoms with Crippen molar-refractivity contribution in [3.8, 4) is 0 Å². The van der Waals surface area contributed by atoms with Gasteiger partial charge in [-0.2, -0.15) is 0 Å². The van der Waals surface area contributed by atoms with Crippen LogP contribution >= 0.6 is 0 Å². The van der Waals surface area contributed by atoms with Crippen LogP contribution in [0.4, 0.5) is 0 Å². The van der Waals surface area contributed by atoms with E-state index in [1.54, 1.807) is 0 Å². The summed E-state index contributed by atoms with van der Waals surface area (Å²) in [5.74, 6) is 0.646. The van der Waals surface area contributed by atoms with Gasteiger partial charge in [0.2, 0.25) is 0 Å². The molecule has 2 rings (SSSR count). The third-order valence-electron chi connectivity index (χ3n) is 3.94. The van der Waals surface area contributed by atoms with Gasteiger partial charge in [0, 0.05) is 0 Å². The Kier molecular flexibility index (Phi) is 2.16. The molecule has 0 aromatic carbocycles. The highest BCUT2D eigenvalue weighted by molar-refractivity contribution is 4.89. The van der Waals surface area contributed by atoms with Crippen LogP contribution in [-0.4, -0.2) is 11.2 Å². The van der Waals surface area contributed by atoms with Crippen molar-refractivity contribution in [2.24, 2.45) is 11.3 Å². The van der Waals surface area contributed by atoms with Crippen LogP contribution in [0.3, 0.4) is 0 Å². The van der Waals surface area contributed by atoms with Gasteiger partial charge in [0.05, 0.1) is 6.10 Å². The molecule has 2 fully saturated rings. The van der Waals surface area contributed by atoms with Gasteiger partial charge in [-0.25, -0.2) is 0 Å². The monoisotopic (exact) mass is 168 g/mol. The maximum atomic E-state index is 9.48. The topological polar surface area (TPSA) is 20.2 Å². The van der Waals surface area contributed by atoms with Crippen molar-refractivity contribution in [1.82, 2.24) is 0 Å². The largest absolute Gasteiger partial charge is 0.393 e. The Morgan fingerprint density at radius 2 is 1.92 bits per heavy atom. The van der Waals surface area contributed by atoms with E-state index in [9.17, 15) is 5.11 Å². The maximum Gasteiger partial charge on any atom is 0.0568 e. The van der Waals surface area contributed by atoms with Crippen molar-refractivity contribution in [2.75, 3.05) is 0 Å². The molecule has 1 heteroatoms. The molecule has 1 N–H and O–H groups in total. The van der Waals surface area contributed by atoms with Crippen LogP contribution in [0.2, 0.25) is 0 Å². The molecule has 1 nitrogen and oxygen atoms in total. The van der Waals surface area contributed by atoms with Gasteiger partial charge >= 0.3 is 0 Å². The van der Waals surface area contributed by atoms with E-state index in [1.165, 1.54) is 38.5 Å². The molecule has 2 aliphatic carbocycles. The quantitative estimate of drug-likeness (QED) is 0.672. The molecule has 2 atom stereocenters. The molecule has 0 aromatic heterocycles. The molecule has 0 saturated heterocycles. The van der Waals surface area contributed by atoms with Gasteiger partial charge in [0.15, 0.2) is 0 Å². The summed E-state index contributed by atoms with van der Waals surface area (Å²) in [6.45, 7) is 2.41. The summed E-state index contributed by atoms with van der Waals surface area (Å²) in [6, 6.07) is 0. The third kappa shape index (κ3) is 1.52. The lowest BCUT2D eigenvalue weighted by Gasteiger charge is -2.38. The Labute approximate surface area is 75.2 Å². The number of hydrogen-bond donors (Lipinski definition) is 1. The zero-order chi connectivity index (χ0) is 8.60. The normalized spacial score (nSPS) is 39.5. The Balaban J connectivity index is 1.84. The summed E-state index contributed by atoms with van der Waals surface area (Å²) in [6.07, 6.45) is 9.29. The lowest BCUT2D eigenvalue weighted by molar-refractivity contribution is -0.00209. The van der Waals surface area contributed by atoms with E-state index in [-0.39, 0.29) is 6.10 Å². The molecule has 0 aromatic rings. The Morgan fingerprint density at radius 3 is 2.33 bits per heavy atom. The first-order chi connectivity index (χ1) is 5.70. The highest BCUT2D eigenvalue weighted by Gasteiger charge is 2.37. The van der Waals surface area contributed by atoms with E-state index in [0.29, 0.717) is 11.3 Å². The third-order valence-corrected chi connectivity index (χ3v) is 3.94. The van der Waals surface area contributed by atoms with E-state index in [0.717, 1.165) is 6.42 Å². The van der Waals surface area contributed by atoms with Crippen molar-refractivity contribution in [3.63, 3.8) is 0 Å². The lowest BCUT2D eigenvalue weighted by Crippen LogP contribution is -2.34. The number of aliphatic hydroxyl groups is 1. The van der Waals surface area contributed by atoms with Gasteiger partial charge in [-0.15, -0.1) is 0 Å². The first kappa shape index (κ1) is 8.55. The van der Waals surface area contributed by atoms with Crippen LogP contribution in [-0.2, 0) is 0 Å². The van der Waals surface area contributed by atoms with Crippen molar-refractivity contribution in [3.05, 3.63) is 0 Å². The predicted molar refractivity (Wildman–Crippen MR) is 49.9 cm³/mol. The Hall–Kier alpha value is -0.0400. The fourth-order valence-corrected chi connectivity index (χ4v) is 2.86. The van der Waals surface area contributed by atoms with Crippen LogP contribution in [0.5, 0.6) is 0 Å². The molecule has 0 bridgehead atoms. The molecular weight excluding hydrogens is 148 g/mol. The van der Waals surface area contributed by atoms with Crippen molar-refractivity contribution >= 4 is 0 Å².